The average Bonchev–Trinajstić information content (AvgIpc) is 1.80. The van der Waals surface area contributed by atoms with Gasteiger partial charge in [0.15, 0.2) is 0 Å². The van der Waals surface area contributed by atoms with Crippen LogP contribution in [0.2, 0.25) is 0 Å². The monoisotopic (exact) mass is 165 g/mol. The first-order chi connectivity index (χ1) is 4.84. The highest BCUT2D eigenvalue weighted by Crippen LogP contribution is 2.16. The molecule has 0 heterocycles. The number of hydrogen-bond donors (Lipinski definition) is 0. The predicted octanol–water partition coefficient (Wildman–Crippen LogP) is 2.93. The molecular formula is C7H10F3N. The zero-order chi connectivity index (χ0) is 9.07. The molecule has 0 aromatic carbocycles. The smallest absolute Gasteiger partial charge is 0.257 e. The van der Waals surface area contributed by atoms with Gasteiger partial charge in [0.2, 0.25) is 0 Å². The van der Waals surface area contributed by atoms with Crippen molar-refractivity contribution in [2.24, 2.45) is 4.99 Å². The molecule has 0 aromatic rings. The van der Waals surface area contributed by atoms with Crippen LogP contribution in [0.3, 0.4) is 0 Å². The maximum absolute atomic E-state index is 11.7. The highest BCUT2D eigenvalue weighted by atomic mass is 19.4. The summed E-state index contributed by atoms with van der Waals surface area (Å²) in [6.45, 7) is 4.32. The summed E-state index contributed by atoms with van der Waals surface area (Å²) in [5.74, 6) is 0. The predicted molar refractivity (Wildman–Crippen MR) is 38.6 cm³/mol. The molecule has 0 bridgehead atoms. The molecule has 0 aliphatic rings. The molecule has 4 heteroatoms. The van der Waals surface area contributed by atoms with Crippen LogP contribution in [0.25, 0.3) is 0 Å². The van der Waals surface area contributed by atoms with Gasteiger partial charge in [0, 0.05) is 6.20 Å². The van der Waals surface area contributed by atoms with E-state index < -0.39 is 11.9 Å². The Morgan fingerprint density at radius 3 is 1.91 bits per heavy atom. The van der Waals surface area contributed by atoms with Crippen LogP contribution in [0.15, 0.2) is 16.8 Å². The van der Waals surface area contributed by atoms with E-state index in [1.165, 1.54) is 6.20 Å². The molecule has 0 aliphatic carbocycles. The molecular weight excluding hydrogens is 155 g/mol. The van der Waals surface area contributed by atoms with Gasteiger partial charge in [0.05, 0.1) is 0 Å². The average molecular weight is 165 g/mol. The van der Waals surface area contributed by atoms with Crippen LogP contribution < -0.4 is 0 Å². The van der Waals surface area contributed by atoms with Crippen molar-refractivity contribution in [3.05, 3.63) is 11.8 Å². The van der Waals surface area contributed by atoms with E-state index in [1.54, 1.807) is 13.8 Å². The Balaban J connectivity index is 4.36. The van der Waals surface area contributed by atoms with Gasteiger partial charge in [-0.25, -0.2) is 0 Å². The molecule has 0 amide bonds. The van der Waals surface area contributed by atoms with E-state index in [-0.39, 0.29) is 0 Å². The zero-order valence-electron chi connectivity index (χ0n) is 6.66. The molecule has 0 rings (SSSR count). The second-order valence-corrected chi connectivity index (χ2v) is 2.42. The minimum Gasteiger partial charge on any atom is -0.257 e. The van der Waals surface area contributed by atoms with Gasteiger partial charge in [-0.15, -0.1) is 0 Å². The maximum atomic E-state index is 11.7. The van der Waals surface area contributed by atoms with Crippen LogP contribution in [-0.4, -0.2) is 11.9 Å². The van der Waals surface area contributed by atoms with E-state index in [4.69, 9.17) is 0 Å². The fourth-order valence-corrected chi connectivity index (χ4v) is 0.299. The standard InChI is InChI=1S/C7H10F3N/c1-5(2)4-11-6(3)7(8,9)10/h4H,1-3H3/b11-6+. The summed E-state index contributed by atoms with van der Waals surface area (Å²) in [5, 5.41) is 0. The van der Waals surface area contributed by atoms with Crippen LogP contribution in [0.4, 0.5) is 13.2 Å². The maximum Gasteiger partial charge on any atom is 0.429 e. The first-order valence-corrected chi connectivity index (χ1v) is 3.09. The van der Waals surface area contributed by atoms with Crippen LogP contribution in [0.1, 0.15) is 20.8 Å². The van der Waals surface area contributed by atoms with Gasteiger partial charge in [0.25, 0.3) is 0 Å². The Kier molecular flexibility index (Phi) is 3.29. The number of aliphatic imine (C=N–C) groups is 1. The first kappa shape index (κ1) is 10.2. The van der Waals surface area contributed by atoms with Crippen molar-refractivity contribution in [2.45, 2.75) is 26.9 Å². The van der Waals surface area contributed by atoms with E-state index >= 15 is 0 Å². The number of allylic oxidation sites excluding steroid dienone is 1. The third kappa shape index (κ3) is 4.58. The minimum absolute atomic E-state index is 0.744. The lowest BCUT2D eigenvalue weighted by atomic mass is 10.4. The van der Waals surface area contributed by atoms with Crippen molar-refractivity contribution in [1.82, 2.24) is 0 Å². The minimum atomic E-state index is -4.30. The van der Waals surface area contributed by atoms with Crippen molar-refractivity contribution >= 4 is 5.71 Å². The van der Waals surface area contributed by atoms with Crippen molar-refractivity contribution in [3.8, 4) is 0 Å². The van der Waals surface area contributed by atoms with E-state index in [1.807, 2.05) is 0 Å². The van der Waals surface area contributed by atoms with Crippen molar-refractivity contribution < 1.29 is 13.2 Å². The lowest BCUT2D eigenvalue weighted by Gasteiger charge is -2.02. The Morgan fingerprint density at radius 1 is 1.18 bits per heavy atom. The van der Waals surface area contributed by atoms with Gasteiger partial charge < -0.3 is 0 Å². The van der Waals surface area contributed by atoms with Crippen LogP contribution in [0.5, 0.6) is 0 Å². The molecule has 0 aromatic heterocycles. The lowest BCUT2D eigenvalue weighted by molar-refractivity contribution is -0.0591. The highest BCUT2D eigenvalue weighted by molar-refractivity contribution is 5.87. The molecule has 0 N–H and O–H groups in total. The second-order valence-electron chi connectivity index (χ2n) is 2.42. The van der Waals surface area contributed by atoms with Crippen LogP contribution in [-0.2, 0) is 0 Å². The van der Waals surface area contributed by atoms with E-state index in [9.17, 15) is 13.2 Å². The highest BCUT2D eigenvalue weighted by Gasteiger charge is 2.31. The fraction of sp³-hybridized carbons (Fsp3) is 0.571. The van der Waals surface area contributed by atoms with E-state index in [0.717, 1.165) is 12.5 Å². The van der Waals surface area contributed by atoms with Gasteiger partial charge in [0.1, 0.15) is 5.71 Å². The lowest BCUT2D eigenvalue weighted by Crippen LogP contribution is -2.18. The summed E-state index contributed by atoms with van der Waals surface area (Å²) in [6.07, 6.45) is -3.10. The fourth-order valence-electron chi connectivity index (χ4n) is 0.299. The Labute approximate surface area is 63.6 Å². The summed E-state index contributed by atoms with van der Waals surface area (Å²) in [6, 6.07) is 0. The number of nitrogens with zero attached hydrogens (tertiary/aromatic N) is 1. The number of alkyl halides is 3. The summed E-state index contributed by atoms with van der Waals surface area (Å²) in [7, 11) is 0. The molecule has 64 valence electrons. The topological polar surface area (TPSA) is 12.4 Å². The molecule has 0 spiro atoms. The number of halogens is 3. The molecule has 0 aliphatic heterocycles. The molecule has 1 nitrogen and oxygen atoms in total. The van der Waals surface area contributed by atoms with Crippen molar-refractivity contribution in [1.29, 1.82) is 0 Å². The van der Waals surface area contributed by atoms with E-state index in [2.05, 4.69) is 4.99 Å². The third-order valence-corrected chi connectivity index (χ3v) is 0.927. The third-order valence-electron chi connectivity index (χ3n) is 0.927. The second kappa shape index (κ2) is 3.55. The van der Waals surface area contributed by atoms with E-state index in [0.29, 0.717) is 0 Å². The van der Waals surface area contributed by atoms with Crippen LogP contribution in [0, 0.1) is 0 Å². The van der Waals surface area contributed by atoms with Gasteiger partial charge >= 0.3 is 6.18 Å². The van der Waals surface area contributed by atoms with Crippen LogP contribution >= 0.6 is 0 Å². The van der Waals surface area contributed by atoms with Crippen molar-refractivity contribution in [3.63, 3.8) is 0 Å². The molecule has 0 unspecified atom stereocenters. The van der Waals surface area contributed by atoms with Gasteiger partial charge in [-0.05, 0) is 20.8 Å². The number of rotatable bonds is 1. The number of hydrogen-bond acceptors (Lipinski definition) is 1. The van der Waals surface area contributed by atoms with Gasteiger partial charge in [-0.2, -0.15) is 13.2 Å². The van der Waals surface area contributed by atoms with Gasteiger partial charge in [-0.3, -0.25) is 4.99 Å². The summed E-state index contributed by atoms with van der Waals surface area (Å²) in [5.41, 5.74) is -0.0766. The first-order valence-electron chi connectivity index (χ1n) is 3.09. The molecule has 0 atom stereocenters. The molecule has 0 radical (unpaired) electrons. The molecule has 11 heavy (non-hydrogen) atoms. The Hall–Kier alpha value is -0.800. The quantitative estimate of drug-likeness (QED) is 0.530. The summed E-state index contributed by atoms with van der Waals surface area (Å²) >= 11 is 0. The summed E-state index contributed by atoms with van der Waals surface area (Å²) < 4.78 is 35.2. The molecule has 0 saturated heterocycles. The Bertz CT molecular complexity index is 184. The largest absolute Gasteiger partial charge is 0.429 e. The zero-order valence-corrected chi connectivity index (χ0v) is 6.66. The SMILES string of the molecule is CC(C)=C/N=C(\C)C(F)(F)F. The molecule has 0 saturated carbocycles. The normalized spacial score (nSPS) is 13.1. The van der Waals surface area contributed by atoms with Gasteiger partial charge in [-0.1, -0.05) is 5.57 Å². The Morgan fingerprint density at radius 2 is 1.64 bits per heavy atom. The molecule has 0 fully saturated rings. The van der Waals surface area contributed by atoms with Crippen molar-refractivity contribution in [2.75, 3.05) is 0 Å². The summed E-state index contributed by atoms with van der Waals surface area (Å²) in [4.78, 5) is 3.22.